The van der Waals surface area contributed by atoms with Crippen molar-refractivity contribution in [1.82, 2.24) is 0 Å². The molecule has 0 atom stereocenters. The molecule has 0 N–H and O–H groups in total. The second-order valence-electron chi connectivity index (χ2n) is 5.87. The molecule has 0 saturated heterocycles. The third kappa shape index (κ3) is 5.13. The standard InChI is InChI=1S/C22H21O4/c1-5-16(4)14-25-19-10-6-17(7-11-19)21(23)18-8-12-20(13-9-18)26-22(24)15(2)3/h6-13H,2,14H2,1,3-4H3/q+1. The number of rotatable bonds is 7. The van der Waals surface area contributed by atoms with Gasteiger partial charge in [0.25, 0.3) is 0 Å². The minimum absolute atomic E-state index is 0.118. The molecule has 0 saturated carbocycles. The molecule has 0 heterocycles. The maximum absolute atomic E-state index is 12.5. The van der Waals surface area contributed by atoms with E-state index in [-0.39, 0.29) is 5.78 Å². The molecule has 2 aromatic rings. The van der Waals surface area contributed by atoms with E-state index in [9.17, 15) is 9.59 Å². The third-order valence-electron chi connectivity index (χ3n) is 3.67. The summed E-state index contributed by atoms with van der Waals surface area (Å²) in [6.45, 7) is 9.35. The highest BCUT2D eigenvalue weighted by Crippen LogP contribution is 2.19. The molecule has 0 aliphatic rings. The van der Waals surface area contributed by atoms with E-state index < -0.39 is 5.97 Å². The maximum Gasteiger partial charge on any atom is 0.338 e. The van der Waals surface area contributed by atoms with Crippen LogP contribution in [0.25, 0.3) is 0 Å². The van der Waals surface area contributed by atoms with Gasteiger partial charge in [0.1, 0.15) is 11.5 Å². The van der Waals surface area contributed by atoms with Crippen LogP contribution in [0, 0.1) is 6.08 Å². The van der Waals surface area contributed by atoms with E-state index in [1.807, 2.05) is 13.8 Å². The molecule has 0 amide bonds. The van der Waals surface area contributed by atoms with E-state index >= 15 is 0 Å². The lowest BCUT2D eigenvalue weighted by Crippen LogP contribution is -2.08. The van der Waals surface area contributed by atoms with Crippen molar-refractivity contribution in [2.45, 2.75) is 20.8 Å². The topological polar surface area (TPSA) is 52.6 Å². The monoisotopic (exact) mass is 349 g/mol. The van der Waals surface area contributed by atoms with Gasteiger partial charge >= 0.3 is 5.97 Å². The summed E-state index contributed by atoms with van der Waals surface area (Å²) in [5.41, 5.74) is 2.39. The lowest BCUT2D eigenvalue weighted by Gasteiger charge is -2.06. The lowest BCUT2D eigenvalue weighted by molar-refractivity contribution is -0.130. The number of allylic oxidation sites excluding steroid dienone is 1. The van der Waals surface area contributed by atoms with Crippen LogP contribution in [0.15, 0.2) is 66.3 Å². The molecular weight excluding hydrogens is 328 g/mol. The predicted molar refractivity (Wildman–Crippen MR) is 100 cm³/mol. The lowest BCUT2D eigenvalue weighted by atomic mass is 10.0. The van der Waals surface area contributed by atoms with Crippen molar-refractivity contribution >= 4 is 11.8 Å². The summed E-state index contributed by atoms with van der Waals surface area (Å²) < 4.78 is 10.7. The van der Waals surface area contributed by atoms with E-state index in [4.69, 9.17) is 9.47 Å². The second-order valence-corrected chi connectivity index (χ2v) is 5.87. The van der Waals surface area contributed by atoms with Crippen LogP contribution in [0.5, 0.6) is 11.5 Å². The third-order valence-corrected chi connectivity index (χ3v) is 3.67. The summed E-state index contributed by atoms with van der Waals surface area (Å²) in [6.07, 6.45) is 3.01. The van der Waals surface area contributed by atoms with Crippen LogP contribution in [-0.2, 0) is 4.79 Å². The van der Waals surface area contributed by atoms with Gasteiger partial charge in [-0.3, -0.25) is 4.79 Å². The van der Waals surface area contributed by atoms with Gasteiger partial charge in [-0.1, -0.05) is 6.58 Å². The molecule has 132 valence electrons. The second kappa shape index (κ2) is 8.75. The van der Waals surface area contributed by atoms with Crippen LogP contribution in [0.4, 0.5) is 0 Å². The minimum atomic E-state index is -0.495. The number of hydrogen-bond acceptors (Lipinski definition) is 4. The maximum atomic E-state index is 12.5. The minimum Gasteiger partial charge on any atom is -0.485 e. The average Bonchev–Trinajstić information content (AvgIpc) is 2.66. The van der Waals surface area contributed by atoms with Gasteiger partial charge < -0.3 is 9.47 Å². The molecule has 2 rings (SSSR count). The van der Waals surface area contributed by atoms with Crippen molar-refractivity contribution in [3.05, 3.63) is 83.5 Å². The summed E-state index contributed by atoms with van der Waals surface area (Å²) >= 11 is 0. The summed E-state index contributed by atoms with van der Waals surface area (Å²) in [5.74, 6) is 0.449. The molecule has 0 fully saturated rings. The number of benzene rings is 2. The quantitative estimate of drug-likeness (QED) is 0.242. The van der Waals surface area contributed by atoms with E-state index in [1.165, 1.54) is 0 Å². The fourth-order valence-electron chi connectivity index (χ4n) is 2.00. The number of esters is 1. The van der Waals surface area contributed by atoms with Crippen LogP contribution in [0.3, 0.4) is 0 Å². The van der Waals surface area contributed by atoms with Crippen LogP contribution < -0.4 is 9.47 Å². The van der Waals surface area contributed by atoms with Gasteiger partial charge in [0, 0.05) is 23.6 Å². The van der Waals surface area contributed by atoms with E-state index in [2.05, 4.69) is 12.7 Å². The number of ether oxygens (including phenoxy) is 2. The largest absolute Gasteiger partial charge is 0.485 e. The zero-order valence-corrected chi connectivity index (χ0v) is 15.2. The highest BCUT2D eigenvalue weighted by Gasteiger charge is 2.11. The van der Waals surface area contributed by atoms with Gasteiger partial charge in [0.05, 0.1) is 0 Å². The molecule has 4 heteroatoms. The Morgan fingerprint density at radius 3 is 1.88 bits per heavy atom. The van der Waals surface area contributed by atoms with Crippen molar-refractivity contribution in [3.63, 3.8) is 0 Å². The van der Waals surface area contributed by atoms with Gasteiger partial charge in [-0.05, 0) is 55.5 Å². The zero-order valence-electron chi connectivity index (χ0n) is 15.2. The Bertz CT molecular complexity index is 827. The Hall–Kier alpha value is -3.23. The van der Waals surface area contributed by atoms with Gasteiger partial charge in [0.2, 0.25) is 6.08 Å². The molecule has 26 heavy (non-hydrogen) atoms. The fraction of sp³-hybridized carbons (Fsp3) is 0.182. The number of carbonyl (C=O) groups excluding carboxylic acids is 2. The molecular formula is C22H21O4+. The highest BCUT2D eigenvalue weighted by atomic mass is 16.5. The van der Waals surface area contributed by atoms with Gasteiger partial charge in [-0.2, -0.15) is 0 Å². The van der Waals surface area contributed by atoms with E-state index in [0.29, 0.717) is 34.8 Å². The molecule has 0 spiro atoms. The Morgan fingerprint density at radius 1 is 0.923 bits per heavy atom. The van der Waals surface area contributed by atoms with Gasteiger partial charge in [-0.25, -0.2) is 4.79 Å². The first-order valence-corrected chi connectivity index (χ1v) is 8.16. The molecule has 0 bridgehead atoms. The van der Waals surface area contributed by atoms with E-state index in [1.54, 1.807) is 55.5 Å². The summed E-state index contributed by atoms with van der Waals surface area (Å²) in [4.78, 5) is 24.0. The summed E-state index contributed by atoms with van der Waals surface area (Å²) in [7, 11) is 0. The van der Waals surface area contributed by atoms with E-state index in [0.717, 1.165) is 5.57 Å². The fourth-order valence-corrected chi connectivity index (χ4v) is 2.00. The van der Waals surface area contributed by atoms with Gasteiger partial charge in [0.15, 0.2) is 24.9 Å². The van der Waals surface area contributed by atoms with Crippen LogP contribution in [0.2, 0.25) is 0 Å². The normalized spacial score (nSPS) is 10.7. The first kappa shape index (κ1) is 19.1. The molecule has 0 unspecified atom stereocenters. The van der Waals surface area contributed by atoms with Crippen LogP contribution in [0.1, 0.15) is 36.7 Å². The Morgan fingerprint density at radius 2 is 1.42 bits per heavy atom. The molecule has 0 aliphatic heterocycles. The SMILES string of the molecule is C=C(C)C(=O)Oc1ccc(C(=O)c2ccc(OCC(C)=[C+]C)cc2)cc1. The number of hydrogen-bond donors (Lipinski definition) is 0. The van der Waals surface area contributed by atoms with Crippen molar-refractivity contribution in [2.75, 3.05) is 6.61 Å². The van der Waals surface area contributed by atoms with Crippen molar-refractivity contribution < 1.29 is 19.1 Å². The molecule has 0 aromatic heterocycles. The summed E-state index contributed by atoms with van der Waals surface area (Å²) in [6, 6.07) is 13.4. The van der Waals surface area contributed by atoms with Gasteiger partial charge in [-0.15, -0.1) is 0 Å². The number of ketones is 1. The first-order valence-electron chi connectivity index (χ1n) is 8.16. The van der Waals surface area contributed by atoms with Crippen LogP contribution >= 0.6 is 0 Å². The average molecular weight is 349 g/mol. The molecule has 0 radical (unpaired) electrons. The first-order chi connectivity index (χ1) is 12.4. The van der Waals surface area contributed by atoms with Crippen molar-refractivity contribution in [3.8, 4) is 11.5 Å². The highest BCUT2D eigenvalue weighted by molar-refractivity contribution is 6.09. The Labute approximate surface area is 153 Å². The molecule has 0 aliphatic carbocycles. The van der Waals surface area contributed by atoms with Crippen molar-refractivity contribution in [2.24, 2.45) is 0 Å². The van der Waals surface area contributed by atoms with Crippen molar-refractivity contribution in [1.29, 1.82) is 0 Å². The molecule has 4 nitrogen and oxygen atoms in total. The smallest absolute Gasteiger partial charge is 0.338 e. The molecule has 2 aromatic carbocycles. The number of carbonyl (C=O) groups is 2. The summed E-state index contributed by atoms with van der Waals surface area (Å²) in [5, 5.41) is 0. The van der Waals surface area contributed by atoms with Crippen LogP contribution in [-0.4, -0.2) is 18.4 Å². The Balaban J connectivity index is 2.04. The Kier molecular flexibility index (Phi) is 6.42. The predicted octanol–water partition coefficient (Wildman–Crippen LogP) is 4.55. The zero-order chi connectivity index (χ0) is 19.1.